The zero-order valence-corrected chi connectivity index (χ0v) is 24.9. The first-order valence-corrected chi connectivity index (χ1v) is 14.9. The van der Waals surface area contributed by atoms with Gasteiger partial charge in [0, 0.05) is 36.7 Å². The number of pyridine rings is 1. The Hall–Kier alpha value is -5.29. The largest absolute Gasteiger partial charge is 0.487 e. The highest BCUT2D eigenvalue weighted by molar-refractivity contribution is 5.98. The van der Waals surface area contributed by atoms with E-state index in [1.54, 1.807) is 0 Å². The standard InChI is InChI=1S/C36H34N4O4/c1-3-27-32(26-16-17-30-28(20-26)29(21-37)35(39(30)2)40-18-10-11-19-40)38-34(44-23-25-14-8-5-9-15-25)31(36(41)42)33(27)43-22-24-12-6-4-7-13-24/h4-9,12-17,20H,3,10-11,18-19,22-23H2,1-2H3,(H,41,42). The minimum Gasteiger partial charge on any atom is -0.487 e. The summed E-state index contributed by atoms with van der Waals surface area (Å²) in [6, 6.07) is 27.6. The van der Waals surface area contributed by atoms with Gasteiger partial charge in [-0.05, 0) is 42.5 Å². The van der Waals surface area contributed by atoms with E-state index in [2.05, 4.69) is 15.5 Å². The van der Waals surface area contributed by atoms with Crippen molar-refractivity contribution in [1.82, 2.24) is 9.55 Å². The fraction of sp³-hybridized carbons (Fsp3) is 0.250. The highest BCUT2D eigenvalue weighted by Crippen LogP contribution is 2.41. The monoisotopic (exact) mass is 586 g/mol. The molecule has 0 radical (unpaired) electrons. The third-order valence-electron chi connectivity index (χ3n) is 8.19. The van der Waals surface area contributed by atoms with Crippen LogP contribution in [0.1, 0.15) is 52.4 Å². The molecule has 1 fully saturated rings. The van der Waals surface area contributed by atoms with Crippen LogP contribution in [0.5, 0.6) is 11.6 Å². The van der Waals surface area contributed by atoms with Crippen LogP contribution in [-0.2, 0) is 26.7 Å². The van der Waals surface area contributed by atoms with E-state index < -0.39 is 5.97 Å². The second-order valence-electron chi connectivity index (χ2n) is 11.0. The number of ether oxygens (including phenoxy) is 2. The number of carbonyl (C=O) groups is 1. The van der Waals surface area contributed by atoms with E-state index in [-0.39, 0.29) is 30.4 Å². The van der Waals surface area contributed by atoms with Crippen molar-refractivity contribution in [3.05, 3.63) is 107 Å². The molecule has 1 saturated heterocycles. The molecule has 0 spiro atoms. The van der Waals surface area contributed by atoms with Crippen molar-refractivity contribution in [3.63, 3.8) is 0 Å². The van der Waals surface area contributed by atoms with Gasteiger partial charge in [0.15, 0.2) is 5.56 Å². The van der Waals surface area contributed by atoms with E-state index in [1.165, 1.54) is 0 Å². The molecule has 0 atom stereocenters. The topological polar surface area (TPSA) is 101 Å². The van der Waals surface area contributed by atoms with E-state index in [0.717, 1.165) is 59.3 Å². The number of aryl methyl sites for hydroxylation is 1. The molecule has 0 amide bonds. The van der Waals surface area contributed by atoms with Crippen molar-refractivity contribution >= 4 is 22.7 Å². The maximum atomic E-state index is 12.8. The molecule has 6 rings (SSSR count). The summed E-state index contributed by atoms with van der Waals surface area (Å²) in [4.78, 5) is 19.9. The SMILES string of the molecule is CCc1c(-c2ccc3c(c2)c(C#N)c(N2CCCC2)n3C)nc(OCc2ccccc2)c(C(=O)O)c1OCc1ccccc1. The molecule has 3 heterocycles. The van der Waals surface area contributed by atoms with Crippen LogP contribution in [-0.4, -0.2) is 33.7 Å². The number of hydrogen-bond donors (Lipinski definition) is 1. The van der Waals surface area contributed by atoms with Crippen molar-refractivity contribution in [2.75, 3.05) is 18.0 Å². The highest BCUT2D eigenvalue weighted by atomic mass is 16.5. The first-order chi connectivity index (χ1) is 21.5. The minimum atomic E-state index is -1.18. The van der Waals surface area contributed by atoms with Crippen LogP contribution in [0, 0.1) is 11.3 Å². The van der Waals surface area contributed by atoms with Gasteiger partial charge in [-0.3, -0.25) is 0 Å². The molecule has 1 aliphatic rings. The van der Waals surface area contributed by atoms with Crippen molar-refractivity contribution in [2.45, 2.75) is 39.4 Å². The summed E-state index contributed by atoms with van der Waals surface area (Å²) in [5.41, 5.74) is 5.27. The van der Waals surface area contributed by atoms with Crippen LogP contribution in [0.15, 0.2) is 78.9 Å². The summed E-state index contributed by atoms with van der Waals surface area (Å²) in [6.07, 6.45) is 2.69. The summed E-state index contributed by atoms with van der Waals surface area (Å²) in [7, 11) is 2.00. The minimum absolute atomic E-state index is 0.0111. The predicted octanol–water partition coefficient (Wildman–Crippen LogP) is 7.13. The van der Waals surface area contributed by atoms with Crippen LogP contribution in [0.3, 0.4) is 0 Å². The number of hydrogen-bond acceptors (Lipinski definition) is 6. The predicted molar refractivity (Wildman–Crippen MR) is 170 cm³/mol. The van der Waals surface area contributed by atoms with Crippen LogP contribution in [0.25, 0.3) is 22.2 Å². The number of carboxylic acid groups (broad SMARTS) is 1. The Morgan fingerprint density at radius 2 is 1.59 bits per heavy atom. The highest BCUT2D eigenvalue weighted by Gasteiger charge is 2.28. The lowest BCUT2D eigenvalue weighted by atomic mass is 9.98. The van der Waals surface area contributed by atoms with Crippen molar-refractivity contribution in [3.8, 4) is 29.0 Å². The van der Waals surface area contributed by atoms with Gasteiger partial charge < -0.3 is 24.0 Å². The van der Waals surface area contributed by atoms with Gasteiger partial charge in [-0.2, -0.15) is 5.26 Å². The van der Waals surface area contributed by atoms with E-state index >= 15 is 0 Å². The maximum Gasteiger partial charge on any atom is 0.345 e. The molecular weight excluding hydrogens is 552 g/mol. The lowest BCUT2D eigenvalue weighted by Gasteiger charge is -2.20. The number of benzene rings is 3. The lowest BCUT2D eigenvalue weighted by Crippen LogP contribution is -2.21. The molecule has 0 saturated carbocycles. The summed E-state index contributed by atoms with van der Waals surface area (Å²) in [5, 5.41) is 21.5. The number of aromatic nitrogens is 2. The quantitative estimate of drug-likeness (QED) is 0.186. The van der Waals surface area contributed by atoms with Gasteiger partial charge in [0.05, 0.1) is 11.2 Å². The zero-order chi connectivity index (χ0) is 30.6. The summed E-state index contributed by atoms with van der Waals surface area (Å²) in [5.74, 6) is -0.0161. The molecule has 2 aromatic heterocycles. The van der Waals surface area contributed by atoms with Crippen molar-refractivity contribution < 1.29 is 19.4 Å². The molecule has 222 valence electrons. The maximum absolute atomic E-state index is 12.8. The number of aromatic carboxylic acids is 1. The van der Waals surface area contributed by atoms with Crippen LogP contribution >= 0.6 is 0 Å². The fourth-order valence-electron chi connectivity index (χ4n) is 6.04. The normalized spacial score (nSPS) is 12.8. The van der Waals surface area contributed by atoms with Crippen molar-refractivity contribution in [2.24, 2.45) is 7.05 Å². The third kappa shape index (κ3) is 5.45. The van der Waals surface area contributed by atoms with E-state index in [9.17, 15) is 15.2 Å². The second kappa shape index (κ2) is 12.5. The Labute approximate surface area is 256 Å². The molecule has 3 aromatic carbocycles. The Kier molecular flexibility index (Phi) is 8.20. The van der Waals surface area contributed by atoms with Crippen LogP contribution < -0.4 is 14.4 Å². The van der Waals surface area contributed by atoms with Crippen molar-refractivity contribution in [1.29, 1.82) is 5.26 Å². The average Bonchev–Trinajstić information content (AvgIpc) is 3.68. The number of nitriles is 1. The Bertz CT molecular complexity index is 1850. The van der Waals surface area contributed by atoms with Gasteiger partial charge >= 0.3 is 5.97 Å². The average molecular weight is 587 g/mol. The second-order valence-corrected chi connectivity index (χ2v) is 11.0. The van der Waals surface area contributed by atoms with Gasteiger partial charge in [0.1, 0.15) is 36.4 Å². The molecule has 1 aliphatic heterocycles. The molecular formula is C36H34N4O4. The summed E-state index contributed by atoms with van der Waals surface area (Å²) < 4.78 is 14.5. The van der Waals surface area contributed by atoms with Gasteiger partial charge in [-0.1, -0.05) is 73.7 Å². The molecule has 44 heavy (non-hydrogen) atoms. The van der Waals surface area contributed by atoms with E-state index in [4.69, 9.17) is 14.5 Å². The molecule has 1 N–H and O–H groups in total. The lowest BCUT2D eigenvalue weighted by molar-refractivity contribution is 0.0684. The first-order valence-electron chi connectivity index (χ1n) is 14.9. The van der Waals surface area contributed by atoms with Gasteiger partial charge in [0.25, 0.3) is 0 Å². The first kappa shape index (κ1) is 28.8. The number of carboxylic acids is 1. The van der Waals surface area contributed by atoms with Gasteiger partial charge in [0.2, 0.25) is 5.88 Å². The molecule has 0 aliphatic carbocycles. The van der Waals surface area contributed by atoms with Gasteiger partial charge in [-0.25, -0.2) is 9.78 Å². The number of rotatable bonds is 10. The fourth-order valence-corrected chi connectivity index (χ4v) is 6.04. The molecule has 0 unspecified atom stereocenters. The number of nitrogens with zero attached hydrogens (tertiary/aromatic N) is 4. The number of anilines is 1. The van der Waals surface area contributed by atoms with E-state index in [0.29, 0.717) is 23.2 Å². The summed E-state index contributed by atoms with van der Waals surface area (Å²) in [6.45, 7) is 4.14. The van der Waals surface area contributed by atoms with Gasteiger partial charge in [-0.15, -0.1) is 0 Å². The molecule has 5 aromatic rings. The molecule has 0 bridgehead atoms. The Morgan fingerprint density at radius 3 is 2.18 bits per heavy atom. The Balaban J connectivity index is 1.52. The summed E-state index contributed by atoms with van der Waals surface area (Å²) >= 11 is 0. The number of fused-ring (bicyclic) bond motifs is 1. The Morgan fingerprint density at radius 1 is 0.955 bits per heavy atom. The van der Waals surface area contributed by atoms with E-state index in [1.807, 2.05) is 92.8 Å². The smallest absolute Gasteiger partial charge is 0.345 e. The molecule has 8 nitrogen and oxygen atoms in total. The van der Waals surface area contributed by atoms with Crippen LogP contribution in [0.2, 0.25) is 0 Å². The van der Waals surface area contributed by atoms with Crippen LogP contribution in [0.4, 0.5) is 5.82 Å². The third-order valence-corrected chi connectivity index (χ3v) is 8.19. The zero-order valence-electron chi connectivity index (χ0n) is 24.9. The molecule has 8 heteroatoms.